The number of hydrogen-bond donors (Lipinski definition) is 2. The normalized spacial score (nSPS) is 22.9. The first-order chi connectivity index (χ1) is 15.7. The minimum atomic E-state index is -0.481. The summed E-state index contributed by atoms with van der Waals surface area (Å²) in [5.41, 5.74) is 2.07. The third kappa shape index (κ3) is 7.59. The van der Waals surface area contributed by atoms with E-state index in [0.717, 1.165) is 24.0 Å². The fourth-order valence-corrected chi connectivity index (χ4v) is 4.25. The minimum absolute atomic E-state index is 0.00226. The van der Waals surface area contributed by atoms with Crippen molar-refractivity contribution in [3.8, 4) is 0 Å². The monoisotopic (exact) mass is 438 g/mol. The van der Waals surface area contributed by atoms with Gasteiger partial charge in [-0.25, -0.2) is 0 Å². The number of carbonyl (C=O) groups is 1. The number of benzene rings is 2. The Hall–Kier alpha value is -2.47. The van der Waals surface area contributed by atoms with Crippen LogP contribution in [0, 0.1) is 11.8 Å². The summed E-state index contributed by atoms with van der Waals surface area (Å²) in [6.45, 7) is 0.797. The maximum atomic E-state index is 11.9. The number of aliphatic hydroxyl groups excluding tert-OH is 2. The summed E-state index contributed by atoms with van der Waals surface area (Å²) in [4.78, 5) is 11.9. The summed E-state index contributed by atoms with van der Waals surface area (Å²) >= 11 is 0. The highest BCUT2D eigenvalue weighted by atomic mass is 16.5. The molecular weight excluding hydrogens is 404 g/mol. The first kappa shape index (κ1) is 24.2. The van der Waals surface area contributed by atoms with Crippen molar-refractivity contribution in [2.24, 2.45) is 11.8 Å². The predicted molar refractivity (Wildman–Crippen MR) is 124 cm³/mol. The molecule has 5 nitrogen and oxygen atoms in total. The van der Waals surface area contributed by atoms with Crippen LogP contribution in [-0.4, -0.2) is 35.0 Å². The molecule has 0 saturated heterocycles. The molecule has 1 saturated carbocycles. The lowest BCUT2D eigenvalue weighted by atomic mass is 9.91. The molecule has 1 aliphatic carbocycles. The van der Waals surface area contributed by atoms with Gasteiger partial charge in [0.15, 0.2) is 0 Å². The average molecular weight is 439 g/mol. The fourth-order valence-electron chi connectivity index (χ4n) is 4.25. The van der Waals surface area contributed by atoms with Gasteiger partial charge in [0.05, 0.1) is 18.8 Å². The Bertz CT molecular complexity index is 820. The van der Waals surface area contributed by atoms with Crippen LogP contribution in [0.3, 0.4) is 0 Å². The van der Waals surface area contributed by atoms with E-state index < -0.39 is 6.10 Å². The van der Waals surface area contributed by atoms with Crippen LogP contribution in [0.5, 0.6) is 0 Å². The van der Waals surface area contributed by atoms with Crippen LogP contribution < -0.4 is 0 Å². The maximum absolute atomic E-state index is 11.9. The van der Waals surface area contributed by atoms with Crippen molar-refractivity contribution >= 4 is 5.97 Å². The van der Waals surface area contributed by atoms with Crippen LogP contribution in [0.1, 0.15) is 43.2 Å². The summed E-state index contributed by atoms with van der Waals surface area (Å²) in [5.74, 6) is -0.286. The lowest BCUT2D eigenvalue weighted by Crippen LogP contribution is -2.26. The number of carbonyl (C=O) groups excluding carboxylic acids is 1. The summed E-state index contributed by atoms with van der Waals surface area (Å²) in [6, 6.07) is 19.6. The van der Waals surface area contributed by atoms with Crippen LogP contribution in [0.15, 0.2) is 72.8 Å². The SMILES string of the molecule is O=C(CCCC=CC[C@@H]1[C@@H](CO)[C@H](OCc2ccccc2)C[C@H]1O)OCc1ccccc1. The molecule has 2 aromatic carbocycles. The van der Waals surface area contributed by atoms with Crippen molar-refractivity contribution in [2.45, 2.75) is 57.5 Å². The van der Waals surface area contributed by atoms with E-state index in [0.29, 0.717) is 32.5 Å². The van der Waals surface area contributed by atoms with E-state index in [4.69, 9.17) is 9.47 Å². The quantitative estimate of drug-likeness (QED) is 0.291. The Morgan fingerprint density at radius 3 is 2.25 bits per heavy atom. The van der Waals surface area contributed by atoms with Crippen molar-refractivity contribution in [3.63, 3.8) is 0 Å². The van der Waals surface area contributed by atoms with Crippen molar-refractivity contribution in [2.75, 3.05) is 6.61 Å². The van der Waals surface area contributed by atoms with E-state index in [2.05, 4.69) is 0 Å². The zero-order valence-corrected chi connectivity index (χ0v) is 18.5. The molecule has 32 heavy (non-hydrogen) atoms. The molecule has 0 spiro atoms. The van der Waals surface area contributed by atoms with Crippen molar-refractivity contribution in [3.05, 3.63) is 83.9 Å². The third-order valence-corrected chi connectivity index (χ3v) is 6.08. The molecule has 0 unspecified atom stereocenters. The minimum Gasteiger partial charge on any atom is -0.461 e. The molecule has 1 aliphatic rings. The average Bonchev–Trinajstić information content (AvgIpc) is 3.14. The molecule has 0 radical (unpaired) electrons. The third-order valence-electron chi connectivity index (χ3n) is 6.08. The van der Waals surface area contributed by atoms with Gasteiger partial charge in [-0.15, -0.1) is 0 Å². The molecule has 0 aliphatic heterocycles. The molecule has 4 atom stereocenters. The number of hydrogen-bond acceptors (Lipinski definition) is 5. The van der Waals surface area contributed by atoms with E-state index in [1.54, 1.807) is 0 Å². The summed E-state index contributed by atoms with van der Waals surface area (Å²) < 4.78 is 11.3. The van der Waals surface area contributed by atoms with Gasteiger partial charge in [-0.2, -0.15) is 0 Å². The molecular formula is C27H34O5. The second-order valence-corrected chi connectivity index (χ2v) is 8.39. The van der Waals surface area contributed by atoms with Gasteiger partial charge < -0.3 is 19.7 Å². The largest absolute Gasteiger partial charge is 0.461 e. The van der Waals surface area contributed by atoms with Gasteiger partial charge in [-0.1, -0.05) is 72.8 Å². The topological polar surface area (TPSA) is 76.0 Å². The van der Waals surface area contributed by atoms with Crippen LogP contribution in [0.2, 0.25) is 0 Å². The lowest BCUT2D eigenvalue weighted by molar-refractivity contribution is -0.145. The van der Waals surface area contributed by atoms with Gasteiger partial charge >= 0.3 is 5.97 Å². The van der Waals surface area contributed by atoms with Crippen LogP contribution in [0.25, 0.3) is 0 Å². The molecule has 172 valence electrons. The Morgan fingerprint density at radius 2 is 1.59 bits per heavy atom. The molecule has 0 bridgehead atoms. The van der Waals surface area contributed by atoms with Gasteiger partial charge in [0.2, 0.25) is 0 Å². The number of aliphatic hydroxyl groups is 2. The predicted octanol–water partition coefficient (Wildman–Crippen LogP) is 4.42. The summed E-state index contributed by atoms with van der Waals surface area (Å²) in [7, 11) is 0. The van der Waals surface area contributed by atoms with Gasteiger partial charge in [-0.3, -0.25) is 4.79 Å². The van der Waals surface area contributed by atoms with Crippen LogP contribution in [0.4, 0.5) is 0 Å². The Kier molecular flexibility index (Phi) is 9.95. The second kappa shape index (κ2) is 13.2. The van der Waals surface area contributed by atoms with Gasteiger partial charge in [0.1, 0.15) is 6.61 Å². The standard InChI is InChI=1S/C27H34O5/c28-18-24-23(25(29)17-26(24)31-19-21-11-5-3-6-12-21)15-9-1-2-10-16-27(30)32-20-22-13-7-4-8-14-22/h1,3-9,11-14,23-26,28-29H,2,10,15-20H2/t23-,24-,25-,26-/m1/s1. The fraction of sp³-hybridized carbons (Fsp3) is 0.444. The number of ether oxygens (including phenoxy) is 2. The first-order valence-corrected chi connectivity index (χ1v) is 11.5. The van der Waals surface area contributed by atoms with Gasteiger partial charge in [0.25, 0.3) is 0 Å². The molecule has 3 rings (SSSR count). The number of unbranched alkanes of at least 4 members (excludes halogenated alkanes) is 1. The first-order valence-electron chi connectivity index (χ1n) is 11.5. The molecule has 1 fully saturated rings. The Morgan fingerprint density at radius 1 is 0.938 bits per heavy atom. The lowest BCUT2D eigenvalue weighted by Gasteiger charge is -2.23. The molecule has 0 amide bonds. The van der Waals surface area contributed by atoms with E-state index in [1.807, 2.05) is 72.8 Å². The zero-order valence-electron chi connectivity index (χ0n) is 18.5. The highest BCUT2D eigenvalue weighted by Gasteiger charge is 2.42. The number of rotatable bonds is 12. The van der Waals surface area contributed by atoms with Gasteiger partial charge in [-0.05, 0) is 36.3 Å². The molecule has 2 N–H and O–H groups in total. The highest BCUT2D eigenvalue weighted by Crippen LogP contribution is 2.37. The van der Waals surface area contributed by atoms with Crippen molar-refractivity contribution in [1.82, 2.24) is 0 Å². The molecule has 5 heteroatoms. The second-order valence-electron chi connectivity index (χ2n) is 8.39. The Balaban J connectivity index is 1.34. The van der Waals surface area contributed by atoms with E-state index >= 15 is 0 Å². The number of esters is 1. The van der Waals surface area contributed by atoms with E-state index in [-0.39, 0.29) is 30.5 Å². The van der Waals surface area contributed by atoms with Crippen molar-refractivity contribution in [1.29, 1.82) is 0 Å². The Labute approximate surface area is 190 Å². The zero-order chi connectivity index (χ0) is 22.6. The maximum Gasteiger partial charge on any atom is 0.306 e. The smallest absolute Gasteiger partial charge is 0.306 e. The van der Waals surface area contributed by atoms with Gasteiger partial charge in [0, 0.05) is 25.4 Å². The van der Waals surface area contributed by atoms with E-state index in [1.165, 1.54) is 0 Å². The van der Waals surface area contributed by atoms with Crippen LogP contribution in [-0.2, 0) is 27.5 Å². The van der Waals surface area contributed by atoms with Crippen molar-refractivity contribution < 1.29 is 24.5 Å². The number of allylic oxidation sites excluding steroid dienone is 2. The molecule has 2 aromatic rings. The summed E-state index contributed by atoms with van der Waals surface area (Å²) in [5, 5.41) is 20.4. The highest BCUT2D eigenvalue weighted by molar-refractivity contribution is 5.69. The molecule has 0 aromatic heterocycles. The summed E-state index contributed by atoms with van der Waals surface area (Å²) in [6.07, 6.45) is 6.59. The van der Waals surface area contributed by atoms with E-state index in [9.17, 15) is 15.0 Å². The molecule has 0 heterocycles. The van der Waals surface area contributed by atoms with Crippen LogP contribution >= 0.6 is 0 Å².